The van der Waals surface area contributed by atoms with Crippen LogP contribution in [0, 0.1) is 5.41 Å². The highest BCUT2D eigenvalue weighted by Crippen LogP contribution is 2.33. The SMILES string of the molecule is CCC(C)(C)CC(C)c1ccc(C[n+]2ccccc2)cc1. The minimum absolute atomic E-state index is 0.429. The van der Waals surface area contributed by atoms with Crippen LogP contribution in [0.25, 0.3) is 0 Å². The maximum atomic E-state index is 2.36. The van der Waals surface area contributed by atoms with Gasteiger partial charge in [0.1, 0.15) is 0 Å². The van der Waals surface area contributed by atoms with E-state index in [1.807, 2.05) is 0 Å². The summed E-state index contributed by atoms with van der Waals surface area (Å²) < 4.78 is 2.21. The van der Waals surface area contributed by atoms with Crippen LogP contribution in [-0.2, 0) is 6.54 Å². The zero-order valence-corrected chi connectivity index (χ0v) is 13.8. The van der Waals surface area contributed by atoms with E-state index in [1.54, 1.807) is 0 Å². The van der Waals surface area contributed by atoms with E-state index in [1.165, 1.54) is 24.0 Å². The molecule has 1 aromatic carbocycles. The first-order valence-corrected chi connectivity index (χ1v) is 8.03. The van der Waals surface area contributed by atoms with Crippen LogP contribution >= 0.6 is 0 Å². The molecule has 0 saturated carbocycles. The summed E-state index contributed by atoms with van der Waals surface area (Å²) in [5, 5.41) is 0. The van der Waals surface area contributed by atoms with Gasteiger partial charge < -0.3 is 0 Å². The molecule has 0 bridgehead atoms. The molecular weight excluding hydrogens is 254 g/mol. The second kappa shape index (κ2) is 6.89. The van der Waals surface area contributed by atoms with Crippen LogP contribution in [0.3, 0.4) is 0 Å². The Morgan fingerprint density at radius 1 is 1.00 bits per heavy atom. The number of pyridine rings is 1. The Bertz CT molecular complexity index is 540. The van der Waals surface area contributed by atoms with E-state index < -0.39 is 0 Å². The van der Waals surface area contributed by atoms with Crippen LogP contribution in [0.15, 0.2) is 54.9 Å². The minimum atomic E-state index is 0.429. The number of benzene rings is 1. The van der Waals surface area contributed by atoms with Crippen molar-refractivity contribution in [3.63, 3.8) is 0 Å². The Morgan fingerprint density at radius 2 is 1.62 bits per heavy atom. The predicted molar refractivity (Wildman–Crippen MR) is 89.3 cm³/mol. The van der Waals surface area contributed by atoms with Crippen LogP contribution in [0.4, 0.5) is 0 Å². The first kappa shape index (κ1) is 15.8. The molecule has 2 rings (SSSR count). The second-order valence-corrected chi connectivity index (χ2v) is 6.91. The van der Waals surface area contributed by atoms with E-state index in [0.717, 1.165) is 6.54 Å². The highest BCUT2D eigenvalue weighted by molar-refractivity contribution is 5.24. The Kier molecular flexibility index (Phi) is 5.17. The fourth-order valence-electron chi connectivity index (χ4n) is 2.79. The molecule has 1 unspecified atom stereocenters. The molecule has 0 radical (unpaired) electrons. The van der Waals surface area contributed by atoms with Gasteiger partial charge in [0, 0.05) is 17.7 Å². The summed E-state index contributed by atoms with van der Waals surface area (Å²) in [4.78, 5) is 0. The Labute approximate surface area is 129 Å². The third-order valence-corrected chi connectivity index (χ3v) is 4.51. The van der Waals surface area contributed by atoms with Crippen LogP contribution in [0.2, 0.25) is 0 Å². The Morgan fingerprint density at radius 3 is 2.19 bits per heavy atom. The molecule has 0 aliphatic heterocycles. The largest absolute Gasteiger partial charge is 0.201 e. The molecular formula is C20H28N+. The van der Waals surface area contributed by atoms with Crippen LogP contribution < -0.4 is 4.57 Å². The molecule has 1 heteroatoms. The van der Waals surface area contributed by atoms with Gasteiger partial charge in [-0.1, -0.05) is 64.4 Å². The molecule has 112 valence electrons. The first-order chi connectivity index (χ1) is 10.00. The van der Waals surface area contributed by atoms with Gasteiger partial charge in [-0.25, -0.2) is 4.57 Å². The summed E-state index contributed by atoms with van der Waals surface area (Å²) in [6.45, 7) is 10.3. The Balaban J connectivity index is 2.02. The lowest BCUT2D eigenvalue weighted by atomic mass is 9.79. The molecule has 0 N–H and O–H groups in total. The Hall–Kier alpha value is -1.63. The van der Waals surface area contributed by atoms with Crippen molar-refractivity contribution < 1.29 is 4.57 Å². The third-order valence-electron chi connectivity index (χ3n) is 4.51. The van der Waals surface area contributed by atoms with E-state index in [2.05, 4.69) is 87.1 Å². The summed E-state index contributed by atoms with van der Waals surface area (Å²) >= 11 is 0. The van der Waals surface area contributed by atoms with Crippen molar-refractivity contribution in [3.8, 4) is 0 Å². The molecule has 1 heterocycles. The average molecular weight is 282 g/mol. The van der Waals surface area contributed by atoms with Gasteiger partial charge in [-0.3, -0.25) is 0 Å². The van der Waals surface area contributed by atoms with E-state index in [4.69, 9.17) is 0 Å². The number of hydrogen-bond donors (Lipinski definition) is 0. The standard InChI is InChI=1S/C20H28N/c1-5-20(3,4)15-17(2)19-11-9-18(10-12-19)16-21-13-7-6-8-14-21/h6-14,17H,5,15-16H2,1-4H3/q+1. The molecule has 1 aromatic heterocycles. The summed E-state index contributed by atoms with van der Waals surface area (Å²) in [6.07, 6.45) is 6.71. The van der Waals surface area contributed by atoms with Crippen LogP contribution in [-0.4, -0.2) is 0 Å². The molecule has 1 atom stereocenters. The van der Waals surface area contributed by atoms with Gasteiger partial charge in [-0.2, -0.15) is 0 Å². The summed E-state index contributed by atoms with van der Waals surface area (Å²) in [7, 11) is 0. The van der Waals surface area contributed by atoms with E-state index >= 15 is 0 Å². The number of aromatic nitrogens is 1. The second-order valence-electron chi connectivity index (χ2n) is 6.91. The van der Waals surface area contributed by atoms with E-state index in [9.17, 15) is 0 Å². The summed E-state index contributed by atoms with van der Waals surface area (Å²) in [5.74, 6) is 0.623. The zero-order valence-electron chi connectivity index (χ0n) is 13.8. The van der Waals surface area contributed by atoms with Gasteiger partial charge >= 0.3 is 0 Å². The lowest BCUT2D eigenvalue weighted by Gasteiger charge is -2.26. The molecule has 1 nitrogen and oxygen atoms in total. The van der Waals surface area contributed by atoms with Gasteiger partial charge in [0.15, 0.2) is 18.9 Å². The maximum Gasteiger partial charge on any atom is 0.173 e. The third kappa shape index (κ3) is 4.70. The molecule has 0 fully saturated rings. The van der Waals surface area contributed by atoms with Crippen molar-refractivity contribution in [1.82, 2.24) is 0 Å². The lowest BCUT2D eigenvalue weighted by Crippen LogP contribution is -2.32. The van der Waals surface area contributed by atoms with Crippen LogP contribution in [0.5, 0.6) is 0 Å². The van der Waals surface area contributed by atoms with Gasteiger partial charge in [0.25, 0.3) is 0 Å². The predicted octanol–water partition coefficient (Wildman–Crippen LogP) is 4.95. The van der Waals surface area contributed by atoms with Crippen molar-refractivity contribution >= 4 is 0 Å². The molecule has 2 aromatic rings. The van der Waals surface area contributed by atoms with Crippen molar-refractivity contribution in [1.29, 1.82) is 0 Å². The summed E-state index contributed by atoms with van der Waals surface area (Å²) in [5.41, 5.74) is 3.24. The number of nitrogens with zero attached hydrogens (tertiary/aromatic N) is 1. The first-order valence-electron chi connectivity index (χ1n) is 8.03. The van der Waals surface area contributed by atoms with Crippen molar-refractivity contribution in [2.24, 2.45) is 5.41 Å². The highest BCUT2D eigenvalue weighted by atomic mass is 14.9. The van der Waals surface area contributed by atoms with Gasteiger partial charge in [-0.15, -0.1) is 0 Å². The zero-order chi connectivity index (χ0) is 15.3. The fraction of sp³-hybridized carbons (Fsp3) is 0.450. The van der Waals surface area contributed by atoms with Crippen LogP contribution in [0.1, 0.15) is 57.6 Å². The van der Waals surface area contributed by atoms with Crippen molar-refractivity contribution in [2.45, 2.75) is 53.0 Å². The lowest BCUT2D eigenvalue weighted by molar-refractivity contribution is -0.688. The van der Waals surface area contributed by atoms with Gasteiger partial charge in [-0.05, 0) is 23.3 Å². The normalized spacial score (nSPS) is 13.1. The van der Waals surface area contributed by atoms with E-state index in [0.29, 0.717) is 11.3 Å². The topological polar surface area (TPSA) is 3.88 Å². The monoisotopic (exact) mass is 282 g/mol. The number of hydrogen-bond acceptors (Lipinski definition) is 0. The van der Waals surface area contributed by atoms with Crippen molar-refractivity contribution in [2.75, 3.05) is 0 Å². The molecule has 0 spiro atoms. The minimum Gasteiger partial charge on any atom is -0.201 e. The molecule has 0 aliphatic rings. The quantitative estimate of drug-likeness (QED) is 0.660. The van der Waals surface area contributed by atoms with E-state index in [-0.39, 0.29) is 0 Å². The highest BCUT2D eigenvalue weighted by Gasteiger charge is 2.19. The molecule has 0 saturated heterocycles. The smallest absolute Gasteiger partial charge is 0.173 e. The molecule has 0 aliphatic carbocycles. The number of rotatable bonds is 6. The average Bonchev–Trinajstić information content (AvgIpc) is 2.48. The maximum absolute atomic E-state index is 2.36. The van der Waals surface area contributed by atoms with Crippen molar-refractivity contribution in [3.05, 3.63) is 66.0 Å². The molecule has 21 heavy (non-hydrogen) atoms. The van der Waals surface area contributed by atoms with Gasteiger partial charge in [0.2, 0.25) is 0 Å². The fourth-order valence-corrected chi connectivity index (χ4v) is 2.79. The summed E-state index contributed by atoms with van der Waals surface area (Å²) in [6, 6.07) is 15.3. The van der Waals surface area contributed by atoms with Gasteiger partial charge in [0.05, 0.1) is 0 Å². The molecule has 0 amide bonds.